The lowest BCUT2D eigenvalue weighted by Crippen LogP contribution is -2.47. The number of nitrogens with zero attached hydrogens (tertiary/aromatic N) is 3. The van der Waals surface area contributed by atoms with Crippen molar-refractivity contribution >= 4 is 23.2 Å². The van der Waals surface area contributed by atoms with Gasteiger partial charge in [-0.05, 0) is 56.7 Å². The molecule has 0 radical (unpaired) electrons. The van der Waals surface area contributed by atoms with Crippen LogP contribution in [0.1, 0.15) is 38.5 Å². The van der Waals surface area contributed by atoms with Crippen molar-refractivity contribution in [2.75, 3.05) is 37.6 Å². The van der Waals surface area contributed by atoms with Crippen LogP contribution in [0.25, 0.3) is 0 Å². The fraction of sp³-hybridized carbons (Fsp3) is 0.619. The number of hydrogen-bond acceptors (Lipinski definition) is 4. The number of nitrogens with one attached hydrogen (secondary N) is 1. The van der Waals surface area contributed by atoms with E-state index in [1.807, 2.05) is 6.07 Å². The highest BCUT2D eigenvalue weighted by Gasteiger charge is 2.24. The van der Waals surface area contributed by atoms with Crippen molar-refractivity contribution in [3.8, 4) is 6.07 Å². The van der Waals surface area contributed by atoms with E-state index in [-0.39, 0.29) is 29.2 Å². The minimum atomic E-state index is -0.323. The molecule has 152 valence electrons. The van der Waals surface area contributed by atoms with Crippen molar-refractivity contribution in [2.45, 2.75) is 44.6 Å². The maximum atomic E-state index is 14.2. The summed E-state index contributed by atoms with van der Waals surface area (Å²) < 4.78 is 14.2. The topological polar surface area (TPSA) is 59.4 Å². The quantitative estimate of drug-likeness (QED) is 0.784. The molecule has 1 aliphatic carbocycles. The summed E-state index contributed by atoms with van der Waals surface area (Å²) in [6, 6.07) is 7.30. The van der Waals surface area contributed by atoms with Gasteiger partial charge in [-0.3, -0.25) is 9.69 Å². The number of anilines is 1. The van der Waals surface area contributed by atoms with E-state index in [1.54, 1.807) is 18.2 Å². The van der Waals surface area contributed by atoms with Crippen molar-refractivity contribution in [2.24, 2.45) is 5.92 Å². The first kappa shape index (κ1) is 20.9. The van der Waals surface area contributed by atoms with Crippen LogP contribution in [0.15, 0.2) is 18.2 Å². The molecule has 0 unspecified atom stereocenters. The number of amides is 1. The molecule has 1 aliphatic heterocycles. The van der Waals surface area contributed by atoms with Crippen LogP contribution in [0.3, 0.4) is 0 Å². The lowest BCUT2D eigenvalue weighted by atomic mass is 9.84. The Bertz CT molecular complexity index is 707. The zero-order valence-corrected chi connectivity index (χ0v) is 16.9. The van der Waals surface area contributed by atoms with Gasteiger partial charge >= 0.3 is 0 Å². The zero-order valence-electron chi connectivity index (χ0n) is 16.2. The summed E-state index contributed by atoms with van der Waals surface area (Å²) in [7, 11) is 0. The summed E-state index contributed by atoms with van der Waals surface area (Å²) >= 11 is 5.90. The molecule has 3 rings (SSSR count). The molecule has 7 heteroatoms. The second-order valence-corrected chi connectivity index (χ2v) is 8.22. The minimum Gasteiger partial charge on any atom is -0.367 e. The number of halogens is 2. The van der Waals surface area contributed by atoms with Gasteiger partial charge in [0.25, 0.3) is 0 Å². The van der Waals surface area contributed by atoms with Gasteiger partial charge in [0, 0.05) is 32.2 Å². The second-order valence-electron chi connectivity index (χ2n) is 7.81. The van der Waals surface area contributed by atoms with Crippen LogP contribution >= 0.6 is 11.6 Å². The van der Waals surface area contributed by atoms with E-state index < -0.39 is 0 Å². The Kier molecular flexibility index (Phi) is 7.52. The first-order valence-electron chi connectivity index (χ1n) is 10.1. The molecular formula is C21H28ClFN4O. The van der Waals surface area contributed by atoms with Gasteiger partial charge in [0.1, 0.15) is 6.42 Å². The average molecular weight is 407 g/mol. The van der Waals surface area contributed by atoms with Crippen LogP contribution in [0.4, 0.5) is 10.1 Å². The van der Waals surface area contributed by atoms with Gasteiger partial charge in [0.15, 0.2) is 5.82 Å². The van der Waals surface area contributed by atoms with Gasteiger partial charge in [-0.2, -0.15) is 5.26 Å². The normalized spacial score (nSPS) is 23.2. The minimum absolute atomic E-state index is 0.0506. The molecule has 2 fully saturated rings. The number of piperazine rings is 1. The third-order valence-electron chi connectivity index (χ3n) is 5.95. The molecule has 0 aromatic heterocycles. The van der Waals surface area contributed by atoms with Crippen molar-refractivity contribution in [3.63, 3.8) is 0 Å². The van der Waals surface area contributed by atoms with Crippen molar-refractivity contribution in [3.05, 3.63) is 29.0 Å². The van der Waals surface area contributed by atoms with Crippen LogP contribution in [0, 0.1) is 23.1 Å². The molecule has 1 saturated carbocycles. The Morgan fingerprint density at radius 2 is 1.93 bits per heavy atom. The van der Waals surface area contributed by atoms with Crippen LogP contribution in [0.2, 0.25) is 5.02 Å². The highest BCUT2D eigenvalue weighted by molar-refractivity contribution is 6.31. The van der Waals surface area contributed by atoms with Crippen molar-refractivity contribution < 1.29 is 9.18 Å². The zero-order chi connectivity index (χ0) is 19.9. The summed E-state index contributed by atoms with van der Waals surface area (Å²) in [6.45, 7) is 4.57. The summed E-state index contributed by atoms with van der Waals surface area (Å²) in [5.41, 5.74) is 0.601. The van der Waals surface area contributed by atoms with Crippen LogP contribution in [-0.2, 0) is 4.79 Å². The average Bonchev–Trinajstić information content (AvgIpc) is 2.70. The lowest BCUT2D eigenvalue weighted by Gasteiger charge is -2.37. The molecule has 28 heavy (non-hydrogen) atoms. The van der Waals surface area contributed by atoms with E-state index in [1.165, 1.54) is 6.42 Å². The van der Waals surface area contributed by atoms with Crippen LogP contribution in [0.5, 0.6) is 0 Å². The first-order chi connectivity index (χ1) is 13.6. The van der Waals surface area contributed by atoms with Crippen LogP contribution < -0.4 is 10.2 Å². The largest absolute Gasteiger partial charge is 0.367 e. The van der Waals surface area contributed by atoms with Gasteiger partial charge in [-0.1, -0.05) is 17.7 Å². The molecule has 1 heterocycles. The maximum absolute atomic E-state index is 14.2. The van der Waals surface area contributed by atoms with E-state index in [0.29, 0.717) is 11.6 Å². The molecule has 1 saturated heterocycles. The van der Waals surface area contributed by atoms with Crippen molar-refractivity contribution in [1.82, 2.24) is 10.2 Å². The summed E-state index contributed by atoms with van der Waals surface area (Å²) in [6.07, 6.45) is 5.39. The van der Waals surface area contributed by atoms with E-state index in [0.717, 1.165) is 58.4 Å². The maximum Gasteiger partial charge on any atom is 0.234 e. The number of rotatable bonds is 6. The Balaban J connectivity index is 1.36. The molecule has 0 bridgehead atoms. The molecule has 2 aliphatic rings. The smallest absolute Gasteiger partial charge is 0.234 e. The number of benzene rings is 1. The SMILES string of the molecule is N#CCC(=O)NC1CCC(CCN2CCN(c3cccc(Cl)c3F)CC2)CC1. The Morgan fingerprint density at radius 1 is 1.21 bits per heavy atom. The Hall–Kier alpha value is -1.84. The number of hydrogen-bond donors (Lipinski definition) is 1. The molecule has 1 amide bonds. The Morgan fingerprint density at radius 3 is 2.61 bits per heavy atom. The highest BCUT2D eigenvalue weighted by Crippen LogP contribution is 2.28. The third kappa shape index (κ3) is 5.59. The van der Waals surface area contributed by atoms with E-state index in [9.17, 15) is 9.18 Å². The van der Waals surface area contributed by atoms with Gasteiger partial charge in [-0.25, -0.2) is 4.39 Å². The predicted octanol–water partition coefficient (Wildman–Crippen LogP) is 3.58. The summed E-state index contributed by atoms with van der Waals surface area (Å²) in [5, 5.41) is 11.7. The molecular weight excluding hydrogens is 379 g/mol. The molecule has 1 N–H and O–H groups in total. The second kappa shape index (κ2) is 10.1. The van der Waals surface area contributed by atoms with Gasteiger partial charge in [0.05, 0.1) is 16.8 Å². The molecule has 5 nitrogen and oxygen atoms in total. The number of nitriles is 1. The fourth-order valence-corrected chi connectivity index (χ4v) is 4.43. The van der Waals surface area contributed by atoms with Crippen LogP contribution in [-0.4, -0.2) is 49.6 Å². The molecule has 0 spiro atoms. The highest BCUT2D eigenvalue weighted by atomic mass is 35.5. The van der Waals surface area contributed by atoms with Gasteiger partial charge in [-0.15, -0.1) is 0 Å². The van der Waals surface area contributed by atoms with Crippen molar-refractivity contribution in [1.29, 1.82) is 5.26 Å². The summed E-state index contributed by atoms with van der Waals surface area (Å²) in [4.78, 5) is 16.1. The van der Waals surface area contributed by atoms with Gasteiger partial charge in [0.2, 0.25) is 5.91 Å². The standard InChI is InChI=1S/C21H28ClFN4O/c22-18-2-1-3-19(21(18)23)27-14-12-26(13-15-27)11-9-16-4-6-17(7-5-16)25-20(28)8-10-24/h1-3,16-17H,4-9,11-15H2,(H,25,28). The fourth-order valence-electron chi connectivity index (χ4n) is 4.26. The van der Waals surface area contributed by atoms with E-state index in [2.05, 4.69) is 15.1 Å². The lowest BCUT2D eigenvalue weighted by molar-refractivity contribution is -0.121. The van der Waals surface area contributed by atoms with Gasteiger partial charge < -0.3 is 10.2 Å². The number of carbonyl (C=O) groups excluding carboxylic acids is 1. The monoisotopic (exact) mass is 406 g/mol. The molecule has 1 aromatic rings. The first-order valence-corrected chi connectivity index (χ1v) is 10.5. The predicted molar refractivity (Wildman–Crippen MR) is 109 cm³/mol. The van der Waals surface area contributed by atoms with E-state index in [4.69, 9.17) is 16.9 Å². The molecule has 1 aromatic carbocycles. The van der Waals surface area contributed by atoms with E-state index >= 15 is 0 Å². The Labute approximate surface area is 171 Å². The number of carbonyl (C=O) groups is 1. The molecule has 0 atom stereocenters. The third-order valence-corrected chi connectivity index (χ3v) is 6.24. The summed E-state index contributed by atoms with van der Waals surface area (Å²) in [5.74, 6) is 0.226.